The molecular formula is C28H34N6O2S. The zero-order valence-corrected chi connectivity index (χ0v) is 22.2. The second-order valence-corrected chi connectivity index (χ2v) is 10.1. The minimum absolute atomic E-state index is 0.0271. The van der Waals surface area contributed by atoms with Gasteiger partial charge in [-0.1, -0.05) is 26.0 Å². The summed E-state index contributed by atoms with van der Waals surface area (Å²) in [5.41, 5.74) is 13.5. The SMILES string of the molecule is CC.N/C(=C\C1=NCCOC1C1CC1)SNC(=O)Nc1c(-c2ccn3nccc3c2)ccc2c1CCC2. The van der Waals surface area contributed by atoms with Crippen molar-refractivity contribution in [3.63, 3.8) is 0 Å². The number of urea groups is 1. The van der Waals surface area contributed by atoms with Gasteiger partial charge in [-0.3, -0.25) is 9.71 Å². The largest absolute Gasteiger partial charge is 0.392 e. The number of carbonyl (C=O) groups excluding carboxylic acids is 1. The summed E-state index contributed by atoms with van der Waals surface area (Å²) in [7, 11) is 0. The number of ether oxygens (including phenoxy) is 1. The molecule has 0 spiro atoms. The van der Waals surface area contributed by atoms with Crippen molar-refractivity contribution in [2.75, 3.05) is 18.5 Å². The van der Waals surface area contributed by atoms with Crippen molar-refractivity contribution >= 4 is 34.9 Å². The van der Waals surface area contributed by atoms with Gasteiger partial charge in [0.05, 0.1) is 35.1 Å². The van der Waals surface area contributed by atoms with Crippen LogP contribution in [0.2, 0.25) is 0 Å². The van der Waals surface area contributed by atoms with E-state index in [0.29, 0.717) is 24.1 Å². The number of pyridine rings is 1. The molecule has 9 heteroatoms. The van der Waals surface area contributed by atoms with Crippen LogP contribution in [0.15, 0.2) is 58.8 Å². The average Bonchev–Trinajstić information content (AvgIpc) is 3.46. The monoisotopic (exact) mass is 518 g/mol. The van der Waals surface area contributed by atoms with Crippen molar-refractivity contribution in [3.05, 3.63) is 65.0 Å². The minimum atomic E-state index is -0.307. The first-order valence-electron chi connectivity index (χ1n) is 13.1. The van der Waals surface area contributed by atoms with E-state index in [9.17, 15) is 4.79 Å². The predicted octanol–water partition coefficient (Wildman–Crippen LogP) is 5.34. The van der Waals surface area contributed by atoms with E-state index in [2.05, 4.69) is 38.3 Å². The Morgan fingerprint density at radius 3 is 2.92 bits per heavy atom. The zero-order chi connectivity index (χ0) is 25.8. The molecule has 2 amide bonds. The van der Waals surface area contributed by atoms with Crippen LogP contribution in [0.3, 0.4) is 0 Å². The van der Waals surface area contributed by atoms with Crippen LogP contribution < -0.4 is 15.8 Å². The molecule has 1 aromatic carbocycles. The molecular weight excluding hydrogens is 484 g/mol. The molecule has 3 heterocycles. The smallest absolute Gasteiger partial charge is 0.329 e. The number of nitrogens with zero attached hydrogens (tertiary/aromatic N) is 3. The third kappa shape index (κ3) is 5.67. The van der Waals surface area contributed by atoms with Crippen LogP contribution in [0.25, 0.3) is 16.6 Å². The minimum Gasteiger partial charge on any atom is -0.392 e. The van der Waals surface area contributed by atoms with Crippen molar-refractivity contribution in [2.45, 2.75) is 52.1 Å². The summed E-state index contributed by atoms with van der Waals surface area (Å²) in [6.07, 6.45) is 11.0. The lowest BCUT2D eigenvalue weighted by Gasteiger charge is -2.22. The number of benzene rings is 1. The zero-order valence-electron chi connectivity index (χ0n) is 21.4. The Kier molecular flexibility index (Phi) is 7.81. The molecule has 194 valence electrons. The van der Waals surface area contributed by atoms with E-state index in [1.165, 1.54) is 24.0 Å². The Balaban J connectivity index is 0.00000137. The number of hydrogen-bond acceptors (Lipinski definition) is 6. The van der Waals surface area contributed by atoms with Gasteiger partial charge in [0.15, 0.2) is 0 Å². The number of nitrogens with two attached hydrogens (primary N) is 1. The highest BCUT2D eigenvalue weighted by atomic mass is 32.2. The fourth-order valence-electron chi connectivity index (χ4n) is 4.99. The van der Waals surface area contributed by atoms with Gasteiger partial charge in [-0.2, -0.15) is 5.10 Å². The number of anilines is 1. The molecule has 2 aromatic heterocycles. The maximum absolute atomic E-state index is 13.0. The molecule has 8 nitrogen and oxygen atoms in total. The van der Waals surface area contributed by atoms with Crippen LogP contribution >= 0.6 is 11.9 Å². The molecule has 4 N–H and O–H groups in total. The Bertz CT molecular complexity index is 1340. The molecule has 1 aliphatic heterocycles. The molecule has 3 aromatic rings. The van der Waals surface area contributed by atoms with E-state index < -0.39 is 0 Å². The predicted molar refractivity (Wildman–Crippen MR) is 151 cm³/mol. The molecule has 1 fully saturated rings. The van der Waals surface area contributed by atoms with E-state index in [1.807, 2.05) is 42.8 Å². The average molecular weight is 519 g/mol. The number of hydrogen-bond donors (Lipinski definition) is 3. The molecule has 2 aliphatic carbocycles. The van der Waals surface area contributed by atoms with Gasteiger partial charge in [0.25, 0.3) is 0 Å². The first-order valence-corrected chi connectivity index (χ1v) is 13.9. The Labute approximate surface area is 221 Å². The standard InChI is InChI=1S/C26H28N6O2S.C2H6/c27-23(15-22-25(17-4-5-17)34-13-11-28-22)35-31-26(33)30-24-20-3-1-2-16(20)6-7-21(24)18-9-12-32-19(14-18)8-10-29-32;1-2/h6-10,12,14-15,17,25H,1-5,11,13,27H2,(H2,30,31,33);1-2H3/b23-15+;. The van der Waals surface area contributed by atoms with Crippen LogP contribution in [-0.2, 0) is 17.6 Å². The van der Waals surface area contributed by atoms with Gasteiger partial charge in [-0.25, -0.2) is 9.31 Å². The van der Waals surface area contributed by atoms with Gasteiger partial charge in [-0.15, -0.1) is 0 Å². The fourth-order valence-corrected chi connectivity index (χ4v) is 5.43. The molecule has 37 heavy (non-hydrogen) atoms. The summed E-state index contributed by atoms with van der Waals surface area (Å²) in [5.74, 6) is 0.541. The number of amides is 2. The normalized spacial score (nSPS) is 19.0. The highest BCUT2D eigenvalue weighted by Crippen LogP contribution is 2.38. The van der Waals surface area contributed by atoms with Crippen LogP contribution in [0, 0.1) is 5.92 Å². The van der Waals surface area contributed by atoms with Gasteiger partial charge in [0.2, 0.25) is 0 Å². The molecule has 0 radical (unpaired) electrons. The third-order valence-corrected chi connectivity index (χ3v) is 7.45. The van der Waals surface area contributed by atoms with Crippen LogP contribution in [0.4, 0.5) is 10.5 Å². The number of aliphatic imine (C=N–C) groups is 1. The number of carbonyl (C=O) groups is 1. The topological polar surface area (TPSA) is 106 Å². The number of fused-ring (bicyclic) bond motifs is 2. The molecule has 0 bridgehead atoms. The van der Waals surface area contributed by atoms with Crippen molar-refractivity contribution in [1.29, 1.82) is 0 Å². The fraction of sp³-hybridized carbons (Fsp3) is 0.393. The molecule has 1 unspecified atom stereocenters. The van der Waals surface area contributed by atoms with Gasteiger partial charge in [0.1, 0.15) is 6.10 Å². The molecule has 1 atom stereocenters. The highest BCUT2D eigenvalue weighted by Gasteiger charge is 2.36. The third-order valence-electron chi connectivity index (χ3n) is 6.81. The number of nitrogens with one attached hydrogen (secondary N) is 2. The Morgan fingerprint density at radius 2 is 2.08 bits per heavy atom. The summed E-state index contributed by atoms with van der Waals surface area (Å²) in [5, 5.41) is 7.89. The van der Waals surface area contributed by atoms with Crippen LogP contribution in [-0.4, -0.2) is 40.6 Å². The first kappa shape index (κ1) is 25.4. The summed E-state index contributed by atoms with van der Waals surface area (Å²) in [4.78, 5) is 17.5. The molecule has 0 saturated heterocycles. The van der Waals surface area contributed by atoms with Gasteiger partial charge in [0, 0.05) is 29.9 Å². The quantitative estimate of drug-likeness (QED) is 0.382. The summed E-state index contributed by atoms with van der Waals surface area (Å²) >= 11 is 1.10. The number of aromatic nitrogens is 2. The maximum Gasteiger partial charge on any atom is 0.329 e. The molecule has 6 rings (SSSR count). The summed E-state index contributed by atoms with van der Waals surface area (Å²) < 4.78 is 10.6. The first-order chi connectivity index (χ1) is 18.2. The van der Waals surface area contributed by atoms with Crippen molar-refractivity contribution < 1.29 is 9.53 Å². The molecule has 1 saturated carbocycles. The summed E-state index contributed by atoms with van der Waals surface area (Å²) in [6.45, 7) is 5.30. The Hall–Kier alpha value is -3.30. The highest BCUT2D eigenvalue weighted by molar-refractivity contribution is 8.01. The second-order valence-electron chi connectivity index (χ2n) is 9.24. The van der Waals surface area contributed by atoms with E-state index >= 15 is 0 Å². The Morgan fingerprint density at radius 1 is 1.22 bits per heavy atom. The van der Waals surface area contributed by atoms with E-state index in [0.717, 1.165) is 59.3 Å². The summed E-state index contributed by atoms with van der Waals surface area (Å²) in [6, 6.07) is 10.1. The van der Waals surface area contributed by atoms with E-state index in [4.69, 9.17) is 10.5 Å². The maximum atomic E-state index is 13.0. The van der Waals surface area contributed by atoms with E-state index in [1.54, 1.807) is 6.20 Å². The van der Waals surface area contributed by atoms with E-state index in [-0.39, 0.29) is 12.1 Å². The second kappa shape index (κ2) is 11.4. The lowest BCUT2D eigenvalue weighted by Crippen LogP contribution is -2.31. The number of aryl methyl sites for hydroxylation is 1. The lowest BCUT2D eigenvalue weighted by atomic mass is 9.97. The van der Waals surface area contributed by atoms with Crippen molar-refractivity contribution in [3.8, 4) is 11.1 Å². The van der Waals surface area contributed by atoms with Gasteiger partial charge < -0.3 is 15.8 Å². The van der Waals surface area contributed by atoms with Crippen molar-refractivity contribution in [1.82, 2.24) is 14.3 Å². The van der Waals surface area contributed by atoms with Crippen molar-refractivity contribution in [2.24, 2.45) is 16.6 Å². The number of rotatable bonds is 6. The molecule has 3 aliphatic rings. The van der Waals surface area contributed by atoms with Gasteiger partial charge in [-0.05, 0) is 79.0 Å². The lowest BCUT2D eigenvalue weighted by molar-refractivity contribution is 0.0817. The van der Waals surface area contributed by atoms with Crippen LogP contribution in [0.1, 0.15) is 44.2 Å². The van der Waals surface area contributed by atoms with Crippen LogP contribution in [0.5, 0.6) is 0 Å². The van der Waals surface area contributed by atoms with Gasteiger partial charge >= 0.3 is 6.03 Å².